The lowest BCUT2D eigenvalue weighted by molar-refractivity contribution is 0.598. The van der Waals surface area contributed by atoms with Crippen molar-refractivity contribution in [2.24, 2.45) is 5.14 Å². The Morgan fingerprint density at radius 1 is 1.14 bits per heavy atom. The third kappa shape index (κ3) is 3.08. The van der Waals surface area contributed by atoms with Crippen LogP contribution in [0.3, 0.4) is 0 Å². The van der Waals surface area contributed by atoms with Gasteiger partial charge in [-0.2, -0.15) is 9.97 Å². The number of nitrogens with two attached hydrogens (primary N) is 2. The van der Waals surface area contributed by atoms with Gasteiger partial charge in [-0.1, -0.05) is 0 Å². The molecule has 0 bridgehead atoms. The SMILES string of the molecule is Cl.Nc1nc(Nc2ccc(S(N)(=O)=O)cc2)c2[nH]cnc2n1. The van der Waals surface area contributed by atoms with Crippen molar-refractivity contribution < 1.29 is 8.42 Å². The lowest BCUT2D eigenvalue weighted by atomic mass is 10.3. The minimum absolute atomic E-state index is 0. The van der Waals surface area contributed by atoms with Crippen LogP contribution in [0.5, 0.6) is 0 Å². The molecule has 116 valence electrons. The predicted molar refractivity (Wildman–Crippen MR) is 84.4 cm³/mol. The van der Waals surface area contributed by atoms with Crippen molar-refractivity contribution in [2.75, 3.05) is 11.1 Å². The van der Waals surface area contributed by atoms with E-state index in [1.165, 1.54) is 18.5 Å². The third-order valence-corrected chi connectivity index (χ3v) is 3.68. The van der Waals surface area contributed by atoms with E-state index in [9.17, 15) is 8.42 Å². The van der Waals surface area contributed by atoms with Crippen LogP contribution in [0.1, 0.15) is 0 Å². The molecule has 3 aromatic rings. The Kier molecular flexibility index (Phi) is 4.17. The number of H-pyrrole nitrogens is 1. The zero-order valence-corrected chi connectivity index (χ0v) is 12.6. The smallest absolute Gasteiger partial charge is 0.238 e. The molecule has 2 heterocycles. The van der Waals surface area contributed by atoms with Gasteiger partial charge in [0.25, 0.3) is 0 Å². The van der Waals surface area contributed by atoms with Crippen LogP contribution in [0.25, 0.3) is 11.2 Å². The molecule has 0 aliphatic carbocycles. The molecule has 22 heavy (non-hydrogen) atoms. The zero-order chi connectivity index (χ0) is 15.0. The van der Waals surface area contributed by atoms with E-state index < -0.39 is 10.0 Å². The van der Waals surface area contributed by atoms with E-state index in [0.717, 1.165) is 0 Å². The highest BCUT2D eigenvalue weighted by Gasteiger charge is 2.10. The number of hydrogen-bond donors (Lipinski definition) is 4. The molecule has 0 saturated heterocycles. The Labute approximate surface area is 131 Å². The Hall–Kier alpha value is -2.43. The van der Waals surface area contributed by atoms with E-state index in [2.05, 4.69) is 25.3 Å². The molecular formula is C11H12ClN7O2S. The Morgan fingerprint density at radius 3 is 2.45 bits per heavy atom. The zero-order valence-electron chi connectivity index (χ0n) is 11.0. The molecule has 0 atom stereocenters. The summed E-state index contributed by atoms with van der Waals surface area (Å²) in [5.41, 5.74) is 7.26. The Bertz CT molecular complexity index is 908. The molecule has 2 aromatic heterocycles. The van der Waals surface area contributed by atoms with E-state index in [-0.39, 0.29) is 23.3 Å². The second-order valence-electron chi connectivity index (χ2n) is 4.23. The molecular weight excluding hydrogens is 330 g/mol. The molecule has 0 saturated carbocycles. The first-order valence-electron chi connectivity index (χ1n) is 5.80. The van der Waals surface area contributed by atoms with Crippen molar-refractivity contribution in [3.05, 3.63) is 30.6 Å². The van der Waals surface area contributed by atoms with Crippen LogP contribution in [0.4, 0.5) is 17.5 Å². The number of aromatic amines is 1. The number of nitrogens with zero attached hydrogens (tertiary/aromatic N) is 3. The number of aromatic nitrogens is 4. The Morgan fingerprint density at radius 2 is 1.82 bits per heavy atom. The number of nitrogens with one attached hydrogen (secondary N) is 2. The maximum Gasteiger partial charge on any atom is 0.238 e. The van der Waals surface area contributed by atoms with Crippen LogP contribution in [-0.2, 0) is 10.0 Å². The maximum atomic E-state index is 11.2. The van der Waals surface area contributed by atoms with Crippen LogP contribution < -0.4 is 16.2 Å². The number of sulfonamides is 1. The van der Waals surface area contributed by atoms with Crippen LogP contribution in [0.15, 0.2) is 35.5 Å². The molecule has 0 spiro atoms. The summed E-state index contributed by atoms with van der Waals surface area (Å²) >= 11 is 0. The van der Waals surface area contributed by atoms with Gasteiger partial charge in [0.15, 0.2) is 11.5 Å². The van der Waals surface area contributed by atoms with Crippen LogP contribution in [0.2, 0.25) is 0 Å². The van der Waals surface area contributed by atoms with Crippen LogP contribution in [0, 0.1) is 0 Å². The van der Waals surface area contributed by atoms with E-state index in [0.29, 0.717) is 22.7 Å². The third-order valence-electron chi connectivity index (χ3n) is 2.75. The topological polar surface area (TPSA) is 153 Å². The van der Waals surface area contributed by atoms with Gasteiger partial charge in [0.2, 0.25) is 16.0 Å². The van der Waals surface area contributed by atoms with Gasteiger partial charge in [0.1, 0.15) is 5.52 Å². The molecule has 6 N–H and O–H groups in total. The fourth-order valence-corrected chi connectivity index (χ4v) is 2.32. The number of anilines is 3. The number of benzene rings is 1. The van der Waals surface area contributed by atoms with Crippen LogP contribution >= 0.6 is 12.4 Å². The molecule has 0 aliphatic heterocycles. The molecule has 0 aliphatic rings. The standard InChI is InChI=1S/C11H11N7O2S.ClH/c12-11-17-9-8(14-5-15-9)10(18-11)16-6-1-3-7(4-2-6)21(13,19)20;/h1-5H,(H2,13,19,20)(H4,12,14,15,16,17,18);1H. The highest BCUT2D eigenvalue weighted by Crippen LogP contribution is 2.22. The van der Waals surface area contributed by atoms with Gasteiger partial charge in [-0.25, -0.2) is 18.5 Å². The van der Waals surface area contributed by atoms with Crippen LogP contribution in [-0.4, -0.2) is 28.4 Å². The molecule has 3 rings (SSSR count). The number of hydrogen-bond acceptors (Lipinski definition) is 7. The molecule has 11 heteroatoms. The van der Waals surface area contributed by atoms with Gasteiger partial charge < -0.3 is 16.0 Å². The van der Waals surface area contributed by atoms with Crippen molar-refractivity contribution in [3.8, 4) is 0 Å². The van der Waals surface area contributed by atoms with Gasteiger partial charge in [-0.05, 0) is 24.3 Å². The first-order valence-corrected chi connectivity index (χ1v) is 7.34. The summed E-state index contributed by atoms with van der Waals surface area (Å²) in [6.07, 6.45) is 1.48. The summed E-state index contributed by atoms with van der Waals surface area (Å²) in [7, 11) is -3.71. The molecule has 0 radical (unpaired) electrons. The molecule has 1 aromatic carbocycles. The number of fused-ring (bicyclic) bond motifs is 1. The van der Waals surface area contributed by atoms with Crippen molar-refractivity contribution in [2.45, 2.75) is 4.90 Å². The summed E-state index contributed by atoms with van der Waals surface area (Å²) in [5, 5.41) is 8.06. The minimum atomic E-state index is -3.71. The number of nitrogen functional groups attached to an aromatic ring is 1. The second kappa shape index (κ2) is 5.75. The quantitative estimate of drug-likeness (QED) is 0.548. The van der Waals surface area contributed by atoms with Gasteiger partial charge in [-0.15, -0.1) is 12.4 Å². The normalized spacial score (nSPS) is 11.1. The van der Waals surface area contributed by atoms with Gasteiger partial charge in [0, 0.05) is 5.69 Å². The highest BCUT2D eigenvalue weighted by molar-refractivity contribution is 7.89. The lowest BCUT2D eigenvalue weighted by Crippen LogP contribution is -2.11. The van der Waals surface area contributed by atoms with Gasteiger partial charge in [0.05, 0.1) is 11.2 Å². The van der Waals surface area contributed by atoms with E-state index in [1.54, 1.807) is 12.1 Å². The number of halogens is 1. The Balaban J connectivity index is 0.00000176. The summed E-state index contributed by atoms with van der Waals surface area (Å²) in [6.45, 7) is 0. The van der Waals surface area contributed by atoms with Crippen molar-refractivity contribution >= 4 is 51.0 Å². The summed E-state index contributed by atoms with van der Waals surface area (Å²) < 4.78 is 22.4. The number of primary sulfonamides is 1. The first-order chi connectivity index (χ1) is 9.93. The number of rotatable bonds is 3. The molecule has 0 fully saturated rings. The predicted octanol–water partition coefficient (Wildman–Crippen LogP) is 0.748. The average molecular weight is 342 g/mol. The monoisotopic (exact) mass is 341 g/mol. The molecule has 9 nitrogen and oxygen atoms in total. The second-order valence-corrected chi connectivity index (χ2v) is 5.79. The van der Waals surface area contributed by atoms with E-state index in [4.69, 9.17) is 10.9 Å². The maximum absolute atomic E-state index is 11.2. The van der Waals surface area contributed by atoms with E-state index >= 15 is 0 Å². The van der Waals surface area contributed by atoms with E-state index in [1.807, 2.05) is 0 Å². The average Bonchev–Trinajstić information content (AvgIpc) is 2.86. The van der Waals surface area contributed by atoms with Crippen molar-refractivity contribution in [1.29, 1.82) is 0 Å². The van der Waals surface area contributed by atoms with Gasteiger partial charge in [-0.3, -0.25) is 0 Å². The summed E-state index contributed by atoms with van der Waals surface area (Å²) in [4.78, 5) is 15.0. The largest absolute Gasteiger partial charge is 0.368 e. The highest BCUT2D eigenvalue weighted by atomic mass is 35.5. The molecule has 0 amide bonds. The lowest BCUT2D eigenvalue weighted by Gasteiger charge is -2.07. The number of imidazole rings is 1. The summed E-state index contributed by atoms with van der Waals surface area (Å²) in [6, 6.07) is 5.93. The first kappa shape index (κ1) is 15.9. The molecule has 0 unspecified atom stereocenters. The van der Waals surface area contributed by atoms with Gasteiger partial charge >= 0.3 is 0 Å². The minimum Gasteiger partial charge on any atom is -0.368 e. The van der Waals surface area contributed by atoms with Crippen molar-refractivity contribution in [1.82, 2.24) is 19.9 Å². The fourth-order valence-electron chi connectivity index (χ4n) is 1.81. The fraction of sp³-hybridized carbons (Fsp3) is 0. The van der Waals surface area contributed by atoms with Crippen molar-refractivity contribution in [3.63, 3.8) is 0 Å². The summed E-state index contributed by atoms with van der Waals surface area (Å²) in [5.74, 6) is 0.525.